The van der Waals surface area contributed by atoms with Crippen molar-refractivity contribution in [2.45, 2.75) is 64.5 Å². The molecule has 114 valence electrons. The second-order valence-corrected chi connectivity index (χ2v) is 4.94. The van der Waals surface area contributed by atoms with E-state index in [1.165, 1.54) is 0 Å². The Kier molecular flexibility index (Phi) is 7.15. The lowest BCUT2D eigenvalue weighted by Crippen LogP contribution is -2.67. The molecular weight excluding hydrogens is 308 g/mol. The highest BCUT2D eigenvalue weighted by Crippen LogP contribution is 2.45. The fourth-order valence-electron chi connectivity index (χ4n) is 3.57. The van der Waals surface area contributed by atoms with E-state index >= 15 is 0 Å². The lowest BCUT2D eigenvalue weighted by molar-refractivity contribution is -0.205. The lowest BCUT2D eigenvalue weighted by atomic mass is 9.70. The predicted molar refractivity (Wildman–Crippen MR) is 85.4 cm³/mol. The molecule has 1 aliphatic heterocycles. The van der Waals surface area contributed by atoms with Gasteiger partial charge in [-0.1, -0.05) is 27.7 Å². The van der Waals surface area contributed by atoms with Gasteiger partial charge < -0.3 is 16.2 Å². The second kappa shape index (κ2) is 7.33. The van der Waals surface area contributed by atoms with Crippen molar-refractivity contribution < 1.29 is 4.74 Å². The summed E-state index contributed by atoms with van der Waals surface area (Å²) >= 11 is 0. The molecule has 0 spiro atoms. The minimum absolute atomic E-state index is 0. The van der Waals surface area contributed by atoms with E-state index in [2.05, 4.69) is 37.8 Å². The second-order valence-electron chi connectivity index (χ2n) is 4.94. The molecule has 1 aliphatic rings. The van der Waals surface area contributed by atoms with Crippen LogP contribution in [-0.2, 0) is 4.74 Å². The van der Waals surface area contributed by atoms with Crippen molar-refractivity contribution in [2.75, 3.05) is 13.2 Å². The summed E-state index contributed by atoms with van der Waals surface area (Å²) in [6, 6.07) is 0. The zero-order valence-electron chi connectivity index (χ0n) is 12.6. The van der Waals surface area contributed by atoms with Gasteiger partial charge in [-0.15, -0.1) is 22.1 Å². The van der Waals surface area contributed by atoms with Crippen LogP contribution in [0.4, 0.5) is 0 Å². The van der Waals surface area contributed by atoms with Crippen LogP contribution in [0.25, 0.3) is 0 Å². The molecule has 0 aromatic carbocycles. The first-order valence-corrected chi connectivity index (χ1v) is 7.03. The number of guanidine groups is 1. The van der Waals surface area contributed by atoms with Crippen molar-refractivity contribution in [1.82, 2.24) is 5.01 Å². The Balaban J connectivity index is 0.00000324. The first-order chi connectivity index (χ1) is 8.51. The van der Waals surface area contributed by atoms with Crippen molar-refractivity contribution in [3.05, 3.63) is 0 Å². The third kappa shape index (κ3) is 2.99. The minimum atomic E-state index is -0.159. The molecule has 5 nitrogen and oxygen atoms in total. The minimum Gasteiger partial charge on any atom is -0.371 e. The van der Waals surface area contributed by atoms with E-state index in [0.717, 1.165) is 32.2 Å². The van der Waals surface area contributed by atoms with Gasteiger partial charge in [-0.3, -0.25) is 5.01 Å². The van der Waals surface area contributed by atoms with E-state index in [1.807, 2.05) is 0 Å². The molecule has 1 fully saturated rings. The average molecular weight is 337 g/mol. The lowest BCUT2D eigenvalue weighted by Gasteiger charge is -2.57. The molecule has 4 N–H and O–H groups in total. The molecular formula is C13H29BrN4O. The van der Waals surface area contributed by atoms with Gasteiger partial charge >= 0.3 is 0 Å². The number of ether oxygens (including phenoxy) is 1. The molecule has 0 bridgehead atoms. The molecule has 0 saturated carbocycles. The van der Waals surface area contributed by atoms with Crippen LogP contribution in [-0.4, -0.2) is 35.3 Å². The maximum atomic E-state index is 6.18. The van der Waals surface area contributed by atoms with Gasteiger partial charge in [0.2, 0.25) is 5.96 Å². The number of halogens is 1. The Bertz CT molecular complexity index is 297. The molecule has 0 aromatic rings. The van der Waals surface area contributed by atoms with Gasteiger partial charge in [0.25, 0.3) is 0 Å². The van der Waals surface area contributed by atoms with Crippen LogP contribution in [0.3, 0.4) is 0 Å². The number of nitrogens with two attached hydrogens (primary N) is 2. The Labute approximate surface area is 127 Å². The third-order valence-corrected chi connectivity index (χ3v) is 4.57. The van der Waals surface area contributed by atoms with E-state index in [9.17, 15) is 0 Å². The number of rotatable bonds is 5. The molecule has 19 heavy (non-hydrogen) atoms. The summed E-state index contributed by atoms with van der Waals surface area (Å²) in [6.45, 7) is 10.2. The molecule has 0 aromatic heterocycles. The summed E-state index contributed by atoms with van der Waals surface area (Å²) in [5.74, 6) is 0.129. The number of hydrazone groups is 1. The number of nitrogens with zero attached hydrogens (tertiary/aromatic N) is 2. The Hall–Kier alpha value is -0.490. The van der Waals surface area contributed by atoms with Crippen LogP contribution in [0.1, 0.15) is 53.4 Å². The zero-order valence-corrected chi connectivity index (χ0v) is 14.3. The summed E-state index contributed by atoms with van der Waals surface area (Å²) < 4.78 is 6.18. The fraction of sp³-hybridized carbons (Fsp3) is 0.923. The molecule has 1 heterocycles. The largest absolute Gasteiger partial charge is 0.371 e. The van der Waals surface area contributed by atoms with Gasteiger partial charge in [0.05, 0.1) is 24.3 Å². The number of hydrogen-bond acceptors (Lipinski definition) is 3. The maximum Gasteiger partial charge on any atom is 0.208 e. The van der Waals surface area contributed by atoms with E-state index in [1.54, 1.807) is 0 Å². The van der Waals surface area contributed by atoms with Crippen LogP contribution in [0.15, 0.2) is 5.10 Å². The molecule has 0 unspecified atom stereocenters. The van der Waals surface area contributed by atoms with Crippen LogP contribution in [0.2, 0.25) is 0 Å². The monoisotopic (exact) mass is 336 g/mol. The highest BCUT2D eigenvalue weighted by atomic mass is 79.9. The number of hydrogen-bond donors (Lipinski definition) is 2. The summed E-state index contributed by atoms with van der Waals surface area (Å²) in [6.07, 6.45) is 3.90. The zero-order chi connectivity index (χ0) is 13.8. The summed E-state index contributed by atoms with van der Waals surface area (Å²) in [5, 5.41) is 6.42. The smallest absolute Gasteiger partial charge is 0.208 e. The van der Waals surface area contributed by atoms with Crippen molar-refractivity contribution in [3.63, 3.8) is 0 Å². The molecule has 0 aliphatic carbocycles. The van der Waals surface area contributed by atoms with Gasteiger partial charge in [-0.2, -0.15) is 0 Å². The number of morpholine rings is 1. The van der Waals surface area contributed by atoms with Crippen molar-refractivity contribution in [1.29, 1.82) is 0 Å². The first kappa shape index (κ1) is 18.5. The Morgan fingerprint density at radius 1 is 1.11 bits per heavy atom. The van der Waals surface area contributed by atoms with Gasteiger partial charge in [-0.25, -0.2) is 0 Å². The standard InChI is InChI=1S/C13H28N4O.BrH/c1-5-12(6-2)13(7-3,8-4)18-10-9-17(12)16-11(14)15;/h5-10H2,1-4H3,(H4,14,15,16);1H. The Morgan fingerprint density at radius 3 is 2.00 bits per heavy atom. The molecule has 0 amide bonds. The highest BCUT2D eigenvalue weighted by molar-refractivity contribution is 8.93. The topological polar surface area (TPSA) is 76.9 Å². The van der Waals surface area contributed by atoms with Crippen LogP contribution >= 0.6 is 17.0 Å². The van der Waals surface area contributed by atoms with Gasteiger partial charge in [0.15, 0.2) is 0 Å². The van der Waals surface area contributed by atoms with E-state index < -0.39 is 0 Å². The molecule has 6 heteroatoms. The molecule has 0 atom stereocenters. The predicted octanol–water partition coefficient (Wildman–Crippen LogP) is 2.20. The molecule has 1 rings (SSSR count). The van der Waals surface area contributed by atoms with Gasteiger partial charge in [0, 0.05) is 0 Å². The van der Waals surface area contributed by atoms with Crippen molar-refractivity contribution in [3.8, 4) is 0 Å². The van der Waals surface area contributed by atoms with Crippen LogP contribution in [0, 0.1) is 0 Å². The molecule has 0 radical (unpaired) electrons. The first-order valence-electron chi connectivity index (χ1n) is 7.03. The summed E-state index contributed by atoms with van der Waals surface area (Å²) in [7, 11) is 0. The van der Waals surface area contributed by atoms with Crippen molar-refractivity contribution >= 4 is 22.9 Å². The Morgan fingerprint density at radius 2 is 1.63 bits per heavy atom. The summed E-state index contributed by atoms with van der Waals surface area (Å²) in [4.78, 5) is 0. The van der Waals surface area contributed by atoms with E-state index in [0.29, 0.717) is 6.61 Å². The highest BCUT2D eigenvalue weighted by Gasteiger charge is 2.54. The quantitative estimate of drug-likeness (QED) is 0.596. The molecule has 1 saturated heterocycles. The summed E-state index contributed by atoms with van der Waals surface area (Å²) in [5.41, 5.74) is 10.9. The van der Waals surface area contributed by atoms with Gasteiger partial charge in [-0.05, 0) is 25.7 Å². The SMILES string of the molecule is Br.CCC1(CC)OCCN(N=C(N)N)C1(CC)CC. The fourth-order valence-corrected chi connectivity index (χ4v) is 3.57. The maximum absolute atomic E-state index is 6.18. The average Bonchev–Trinajstić information content (AvgIpc) is 2.37. The normalized spacial score (nSPS) is 20.5. The van der Waals surface area contributed by atoms with E-state index in [-0.39, 0.29) is 34.1 Å². The van der Waals surface area contributed by atoms with E-state index in [4.69, 9.17) is 16.2 Å². The van der Waals surface area contributed by atoms with Gasteiger partial charge in [0.1, 0.15) is 0 Å². The van der Waals surface area contributed by atoms with Crippen LogP contribution < -0.4 is 11.5 Å². The van der Waals surface area contributed by atoms with Crippen molar-refractivity contribution in [2.24, 2.45) is 16.6 Å². The van der Waals surface area contributed by atoms with Crippen LogP contribution in [0.5, 0.6) is 0 Å². The third-order valence-electron chi connectivity index (χ3n) is 4.57.